The van der Waals surface area contributed by atoms with E-state index in [1.807, 2.05) is 0 Å². The van der Waals surface area contributed by atoms with Gasteiger partial charge < -0.3 is 0 Å². The summed E-state index contributed by atoms with van der Waals surface area (Å²) in [4.78, 5) is 48.6. The molecule has 0 aliphatic rings. The van der Waals surface area contributed by atoms with Gasteiger partial charge in [0.25, 0.3) is 23.0 Å². The number of nitro groups is 3. The zero-order chi connectivity index (χ0) is 25.8. The number of rotatable bonds is 8. The fraction of sp³-hybridized carbons (Fsp3) is 0. The monoisotopic (exact) mass is 524 g/mol. The molecule has 3 aromatic carbocycles. The van der Waals surface area contributed by atoms with Gasteiger partial charge in [-0.05, 0) is 18.2 Å². The first-order chi connectivity index (χ1) is 17.2. The number of carbonyl (C=O) groups is 1. The van der Waals surface area contributed by atoms with Crippen molar-refractivity contribution in [2.45, 2.75) is 9.24 Å². The zero-order valence-electron chi connectivity index (χ0n) is 17.8. The number of fused-ring (bicyclic) bond motifs is 1. The van der Waals surface area contributed by atoms with Crippen LogP contribution in [-0.2, 0) is 0 Å². The molecule has 0 aliphatic carbocycles. The molecule has 0 fully saturated rings. The van der Waals surface area contributed by atoms with E-state index in [2.05, 4.69) is 15.5 Å². The highest BCUT2D eigenvalue weighted by molar-refractivity contribution is 8.01. The Balaban J connectivity index is 1.50. The summed E-state index contributed by atoms with van der Waals surface area (Å²) in [6.45, 7) is 0. The summed E-state index contributed by atoms with van der Waals surface area (Å²) in [5, 5.41) is 37.2. The number of nitro benzene ring substituents is 3. The maximum absolute atomic E-state index is 12.2. The van der Waals surface area contributed by atoms with Crippen molar-refractivity contribution in [2.75, 3.05) is 0 Å². The van der Waals surface area contributed by atoms with E-state index in [0.717, 1.165) is 17.8 Å². The predicted molar refractivity (Wildman–Crippen MR) is 132 cm³/mol. The first-order valence-electron chi connectivity index (χ1n) is 9.80. The molecule has 0 saturated heterocycles. The topological polar surface area (TPSA) is 184 Å². The molecular formula is C21H12N6O7S2. The molecule has 1 aromatic heterocycles. The van der Waals surface area contributed by atoms with Gasteiger partial charge in [-0.1, -0.05) is 23.9 Å². The quantitative estimate of drug-likeness (QED) is 0.189. The highest BCUT2D eigenvalue weighted by Crippen LogP contribution is 2.39. The molecule has 0 unspecified atom stereocenters. The first-order valence-corrected chi connectivity index (χ1v) is 11.4. The van der Waals surface area contributed by atoms with Gasteiger partial charge in [0.15, 0.2) is 4.34 Å². The van der Waals surface area contributed by atoms with E-state index in [1.165, 1.54) is 66.1 Å². The van der Waals surface area contributed by atoms with Crippen LogP contribution in [0.4, 0.5) is 17.1 Å². The molecule has 0 aliphatic heterocycles. The molecule has 180 valence electrons. The number of nitrogens with zero attached hydrogens (tertiary/aromatic N) is 5. The second-order valence-electron chi connectivity index (χ2n) is 6.98. The van der Waals surface area contributed by atoms with Gasteiger partial charge in [0, 0.05) is 41.5 Å². The van der Waals surface area contributed by atoms with Gasteiger partial charge >= 0.3 is 0 Å². The Morgan fingerprint density at radius 1 is 0.944 bits per heavy atom. The summed E-state index contributed by atoms with van der Waals surface area (Å²) in [7, 11) is 0. The van der Waals surface area contributed by atoms with Gasteiger partial charge in [-0.3, -0.25) is 35.1 Å². The lowest BCUT2D eigenvalue weighted by Gasteiger charge is -2.02. The van der Waals surface area contributed by atoms with Gasteiger partial charge in [0.2, 0.25) is 0 Å². The highest BCUT2D eigenvalue weighted by atomic mass is 32.2. The Morgan fingerprint density at radius 3 is 2.42 bits per heavy atom. The Hall–Kier alpha value is -4.76. The molecule has 0 spiro atoms. The maximum atomic E-state index is 12.2. The standard InChI is InChI=1S/C21H12N6O7S2/c28-20(13-2-1-3-14(9-13)25(29)30)24-22-11-12-4-7-18(17(8-12)27(33)34)35-21-23-16-6-5-15(26(31)32)10-19(16)36-21/h1-11H,(H,24,28). The summed E-state index contributed by atoms with van der Waals surface area (Å²) in [5.74, 6) is -0.687. The second kappa shape index (κ2) is 10.2. The maximum Gasteiger partial charge on any atom is 0.283 e. The van der Waals surface area contributed by atoms with Gasteiger partial charge in [-0.2, -0.15) is 5.10 Å². The minimum absolute atomic E-state index is 0.0280. The summed E-state index contributed by atoms with van der Waals surface area (Å²) in [6.07, 6.45) is 1.20. The Kier molecular flexibility index (Phi) is 6.93. The van der Waals surface area contributed by atoms with Gasteiger partial charge in [-0.15, -0.1) is 11.3 Å². The van der Waals surface area contributed by atoms with Gasteiger partial charge in [0.05, 0.1) is 36.1 Å². The smallest absolute Gasteiger partial charge is 0.267 e. The van der Waals surface area contributed by atoms with E-state index >= 15 is 0 Å². The highest BCUT2D eigenvalue weighted by Gasteiger charge is 2.18. The fourth-order valence-corrected chi connectivity index (χ4v) is 5.12. The normalized spacial score (nSPS) is 11.0. The Morgan fingerprint density at radius 2 is 1.69 bits per heavy atom. The molecule has 0 saturated carbocycles. The van der Waals surface area contributed by atoms with E-state index in [-0.39, 0.29) is 22.6 Å². The van der Waals surface area contributed by atoms with Crippen molar-refractivity contribution in [3.63, 3.8) is 0 Å². The number of nitrogens with one attached hydrogen (secondary N) is 1. The molecule has 1 heterocycles. The molecule has 36 heavy (non-hydrogen) atoms. The number of hydrogen-bond donors (Lipinski definition) is 1. The average Bonchev–Trinajstić information content (AvgIpc) is 3.26. The van der Waals surface area contributed by atoms with Crippen LogP contribution >= 0.6 is 23.1 Å². The van der Waals surface area contributed by atoms with E-state index in [4.69, 9.17) is 0 Å². The lowest BCUT2D eigenvalue weighted by Crippen LogP contribution is -2.17. The lowest BCUT2D eigenvalue weighted by atomic mass is 10.2. The fourth-order valence-electron chi connectivity index (χ4n) is 2.98. The van der Waals surface area contributed by atoms with Crippen molar-refractivity contribution in [2.24, 2.45) is 5.10 Å². The van der Waals surface area contributed by atoms with Crippen LogP contribution in [0.3, 0.4) is 0 Å². The molecule has 15 heteroatoms. The van der Waals surface area contributed by atoms with Crippen molar-refractivity contribution in [1.82, 2.24) is 10.4 Å². The summed E-state index contributed by atoms with van der Waals surface area (Å²) < 4.78 is 1.05. The molecule has 0 atom stereocenters. The second-order valence-corrected chi connectivity index (χ2v) is 9.30. The van der Waals surface area contributed by atoms with Gasteiger partial charge in [-0.25, -0.2) is 10.4 Å². The lowest BCUT2D eigenvalue weighted by molar-refractivity contribution is -0.387. The number of non-ortho nitro benzene ring substituents is 2. The van der Waals surface area contributed by atoms with Crippen LogP contribution in [0.15, 0.2) is 75.0 Å². The SMILES string of the molecule is O=C(NN=Cc1ccc(Sc2nc3ccc([N+](=O)[O-])cc3s2)c([N+](=O)[O-])c1)c1cccc([N+](=O)[O-])c1. The van der Waals surface area contributed by atoms with Crippen LogP contribution in [-0.4, -0.2) is 31.9 Å². The van der Waals surface area contributed by atoms with Crippen LogP contribution in [0.2, 0.25) is 0 Å². The average molecular weight is 524 g/mol. The Bertz CT molecular complexity index is 1570. The van der Waals surface area contributed by atoms with Crippen LogP contribution in [0, 0.1) is 30.3 Å². The molecular weight excluding hydrogens is 512 g/mol. The largest absolute Gasteiger partial charge is 0.283 e. The summed E-state index contributed by atoms with van der Waals surface area (Å²) in [6, 6.07) is 13.7. The number of amides is 1. The molecule has 4 rings (SSSR count). The number of thiazole rings is 1. The summed E-state index contributed by atoms with van der Waals surface area (Å²) >= 11 is 2.22. The van der Waals surface area contributed by atoms with E-state index < -0.39 is 20.7 Å². The summed E-state index contributed by atoms with van der Waals surface area (Å²) in [5.41, 5.74) is 2.57. The number of carbonyl (C=O) groups excluding carboxylic acids is 1. The number of aromatic nitrogens is 1. The molecule has 1 amide bonds. The van der Waals surface area contributed by atoms with Crippen molar-refractivity contribution < 1.29 is 19.6 Å². The van der Waals surface area contributed by atoms with Crippen molar-refractivity contribution in [1.29, 1.82) is 0 Å². The van der Waals surface area contributed by atoms with Crippen LogP contribution in [0.25, 0.3) is 10.2 Å². The molecule has 0 radical (unpaired) electrons. The number of hydrazone groups is 1. The van der Waals surface area contributed by atoms with Crippen molar-refractivity contribution in [3.8, 4) is 0 Å². The van der Waals surface area contributed by atoms with E-state index in [1.54, 1.807) is 6.07 Å². The third-order valence-electron chi connectivity index (χ3n) is 4.64. The molecule has 1 N–H and O–H groups in total. The van der Waals surface area contributed by atoms with Crippen LogP contribution in [0.1, 0.15) is 15.9 Å². The van der Waals surface area contributed by atoms with Crippen LogP contribution in [0.5, 0.6) is 0 Å². The van der Waals surface area contributed by atoms with E-state index in [9.17, 15) is 35.1 Å². The van der Waals surface area contributed by atoms with E-state index in [0.29, 0.717) is 25.0 Å². The minimum atomic E-state index is -0.687. The third kappa shape index (κ3) is 5.48. The first kappa shape index (κ1) is 24.4. The third-order valence-corrected chi connectivity index (χ3v) is 6.78. The molecule has 0 bridgehead atoms. The van der Waals surface area contributed by atoms with Gasteiger partial charge in [0.1, 0.15) is 0 Å². The van der Waals surface area contributed by atoms with Crippen molar-refractivity contribution in [3.05, 3.63) is 102 Å². The zero-order valence-corrected chi connectivity index (χ0v) is 19.4. The number of benzene rings is 3. The molecule has 13 nitrogen and oxygen atoms in total. The Labute approximate surface area is 208 Å². The number of hydrogen-bond acceptors (Lipinski definition) is 11. The minimum Gasteiger partial charge on any atom is -0.267 e. The van der Waals surface area contributed by atoms with Crippen LogP contribution < -0.4 is 5.43 Å². The molecule has 4 aromatic rings. The van der Waals surface area contributed by atoms with Crippen molar-refractivity contribution >= 4 is 62.5 Å². The predicted octanol–water partition coefficient (Wildman–Crippen LogP) is 4.94.